The molecule has 0 fully saturated rings. The van der Waals surface area contributed by atoms with Crippen LogP contribution in [-0.4, -0.2) is 19.3 Å². The Hall–Kier alpha value is -1.92. The molecule has 0 N–H and O–H groups in total. The molecule has 20 heavy (non-hydrogen) atoms. The van der Waals surface area contributed by atoms with Gasteiger partial charge in [-0.1, -0.05) is 30.3 Å². The molecular weight excluding hydrogens is 264 g/mol. The lowest BCUT2D eigenvalue weighted by molar-refractivity contribution is 0.744. The summed E-state index contributed by atoms with van der Waals surface area (Å²) in [5.74, 6) is 1.66. The Bertz CT molecular complexity index is 660. The Morgan fingerprint density at radius 2 is 1.95 bits per heavy atom. The van der Waals surface area contributed by atoms with Crippen molar-refractivity contribution in [1.82, 2.24) is 0 Å². The van der Waals surface area contributed by atoms with Crippen molar-refractivity contribution in [1.29, 1.82) is 5.26 Å². The third-order valence-electron chi connectivity index (χ3n) is 3.73. The van der Waals surface area contributed by atoms with Crippen LogP contribution in [0.25, 0.3) is 0 Å². The first-order chi connectivity index (χ1) is 9.79. The highest BCUT2D eigenvalue weighted by Crippen LogP contribution is 2.40. The lowest BCUT2D eigenvalue weighted by atomic mass is 10.0. The molecule has 2 aromatic carbocycles. The number of rotatable bonds is 3. The van der Waals surface area contributed by atoms with E-state index in [4.69, 9.17) is 0 Å². The van der Waals surface area contributed by atoms with Crippen LogP contribution in [0.3, 0.4) is 0 Å². The zero-order valence-corrected chi connectivity index (χ0v) is 12.2. The number of benzene rings is 2. The van der Waals surface area contributed by atoms with Crippen molar-refractivity contribution < 1.29 is 0 Å². The average molecular weight is 280 g/mol. The molecule has 0 amide bonds. The first-order valence-electron chi connectivity index (χ1n) is 6.71. The van der Waals surface area contributed by atoms with E-state index in [1.54, 1.807) is 0 Å². The van der Waals surface area contributed by atoms with Crippen LogP contribution in [0.4, 0.5) is 5.69 Å². The van der Waals surface area contributed by atoms with Crippen molar-refractivity contribution in [2.75, 3.05) is 24.2 Å². The highest BCUT2D eigenvalue weighted by molar-refractivity contribution is 7.99. The monoisotopic (exact) mass is 280 g/mol. The van der Waals surface area contributed by atoms with Crippen LogP contribution in [0.15, 0.2) is 53.4 Å². The van der Waals surface area contributed by atoms with Crippen molar-refractivity contribution in [2.24, 2.45) is 0 Å². The van der Waals surface area contributed by atoms with E-state index in [0.29, 0.717) is 5.92 Å². The van der Waals surface area contributed by atoms with Crippen LogP contribution < -0.4 is 4.90 Å². The Labute approximate surface area is 124 Å². The van der Waals surface area contributed by atoms with Gasteiger partial charge in [-0.3, -0.25) is 0 Å². The minimum Gasteiger partial charge on any atom is -0.373 e. The molecule has 1 unspecified atom stereocenters. The van der Waals surface area contributed by atoms with Crippen molar-refractivity contribution in [2.45, 2.75) is 10.8 Å². The summed E-state index contributed by atoms with van der Waals surface area (Å²) in [5, 5.41) is 9.21. The molecule has 1 aliphatic heterocycles. The molecule has 0 radical (unpaired) electrons. The standard InChI is InChI=1S/C17H16N2S/c1-19(16-8-4-2-6-13(16)10-18)11-14-12-20-17-9-5-3-7-15(14)17/h2-9,14H,11-12H2,1H3. The summed E-state index contributed by atoms with van der Waals surface area (Å²) in [4.78, 5) is 3.60. The van der Waals surface area contributed by atoms with E-state index in [9.17, 15) is 5.26 Å². The van der Waals surface area contributed by atoms with Gasteiger partial charge in [0.25, 0.3) is 0 Å². The third-order valence-corrected chi connectivity index (χ3v) is 4.98. The van der Waals surface area contributed by atoms with E-state index < -0.39 is 0 Å². The Morgan fingerprint density at radius 3 is 2.80 bits per heavy atom. The van der Waals surface area contributed by atoms with Gasteiger partial charge in [0.1, 0.15) is 6.07 Å². The highest BCUT2D eigenvalue weighted by atomic mass is 32.2. The molecule has 3 rings (SSSR count). The van der Waals surface area contributed by atoms with Gasteiger partial charge >= 0.3 is 0 Å². The quantitative estimate of drug-likeness (QED) is 0.853. The van der Waals surface area contributed by atoms with Gasteiger partial charge in [-0.05, 0) is 23.8 Å². The van der Waals surface area contributed by atoms with Gasteiger partial charge in [0, 0.05) is 30.2 Å². The fourth-order valence-electron chi connectivity index (χ4n) is 2.71. The summed E-state index contributed by atoms with van der Waals surface area (Å²) in [5.41, 5.74) is 3.21. The molecule has 0 spiro atoms. The smallest absolute Gasteiger partial charge is 0.101 e. The summed E-state index contributed by atoms with van der Waals surface area (Å²) in [6.45, 7) is 0.947. The van der Waals surface area contributed by atoms with E-state index in [2.05, 4.69) is 42.3 Å². The molecule has 1 heterocycles. The maximum atomic E-state index is 9.21. The minimum atomic E-state index is 0.535. The van der Waals surface area contributed by atoms with E-state index in [1.165, 1.54) is 10.5 Å². The van der Waals surface area contributed by atoms with Crippen LogP contribution in [0.5, 0.6) is 0 Å². The minimum absolute atomic E-state index is 0.535. The molecule has 3 heteroatoms. The zero-order chi connectivity index (χ0) is 13.9. The number of fused-ring (bicyclic) bond motifs is 1. The van der Waals surface area contributed by atoms with E-state index in [0.717, 1.165) is 23.5 Å². The second kappa shape index (κ2) is 5.60. The number of nitrogens with zero attached hydrogens (tertiary/aromatic N) is 2. The molecule has 0 aliphatic carbocycles. The van der Waals surface area contributed by atoms with Crippen LogP contribution in [0.2, 0.25) is 0 Å². The van der Waals surface area contributed by atoms with E-state index in [1.807, 2.05) is 36.0 Å². The number of likely N-dealkylation sites (N-methyl/N-ethyl adjacent to an activating group) is 1. The summed E-state index contributed by atoms with van der Waals surface area (Å²) in [6.07, 6.45) is 0. The summed E-state index contributed by atoms with van der Waals surface area (Å²) >= 11 is 1.93. The summed E-state index contributed by atoms with van der Waals surface area (Å²) in [6, 6.07) is 18.7. The van der Waals surface area contributed by atoms with Gasteiger partial charge in [-0.2, -0.15) is 5.26 Å². The molecular formula is C17H16N2S. The van der Waals surface area contributed by atoms with Gasteiger partial charge < -0.3 is 4.90 Å². The highest BCUT2D eigenvalue weighted by Gasteiger charge is 2.24. The summed E-state index contributed by atoms with van der Waals surface area (Å²) in [7, 11) is 2.07. The second-order valence-corrected chi connectivity index (χ2v) is 6.12. The number of nitriles is 1. The molecule has 2 aromatic rings. The molecule has 0 bridgehead atoms. The largest absolute Gasteiger partial charge is 0.373 e. The lowest BCUT2D eigenvalue weighted by Gasteiger charge is -2.24. The zero-order valence-electron chi connectivity index (χ0n) is 11.4. The number of hydrogen-bond acceptors (Lipinski definition) is 3. The normalized spacial score (nSPS) is 16.5. The van der Waals surface area contributed by atoms with Crippen molar-refractivity contribution in [3.63, 3.8) is 0 Å². The Kier molecular flexibility index (Phi) is 3.66. The van der Waals surface area contributed by atoms with Crippen LogP contribution in [0.1, 0.15) is 17.0 Å². The molecule has 100 valence electrons. The molecule has 0 saturated carbocycles. The second-order valence-electron chi connectivity index (χ2n) is 5.06. The van der Waals surface area contributed by atoms with E-state index in [-0.39, 0.29) is 0 Å². The predicted molar refractivity (Wildman–Crippen MR) is 84.3 cm³/mol. The maximum absolute atomic E-state index is 9.21. The first kappa shape index (κ1) is 13.1. The van der Waals surface area contributed by atoms with Gasteiger partial charge in [0.05, 0.1) is 11.3 Å². The Balaban J connectivity index is 1.81. The topological polar surface area (TPSA) is 27.0 Å². The van der Waals surface area contributed by atoms with Crippen LogP contribution >= 0.6 is 11.8 Å². The number of anilines is 1. The maximum Gasteiger partial charge on any atom is 0.101 e. The van der Waals surface area contributed by atoms with Crippen LogP contribution in [-0.2, 0) is 0 Å². The van der Waals surface area contributed by atoms with Gasteiger partial charge in [0.15, 0.2) is 0 Å². The predicted octanol–water partition coefficient (Wildman–Crippen LogP) is 3.88. The molecule has 1 atom stereocenters. The van der Waals surface area contributed by atoms with Gasteiger partial charge in [-0.15, -0.1) is 11.8 Å². The van der Waals surface area contributed by atoms with Gasteiger partial charge in [0.2, 0.25) is 0 Å². The van der Waals surface area contributed by atoms with E-state index >= 15 is 0 Å². The SMILES string of the molecule is CN(CC1CSc2ccccc21)c1ccccc1C#N. The first-order valence-corrected chi connectivity index (χ1v) is 7.70. The van der Waals surface area contributed by atoms with Crippen molar-refractivity contribution >= 4 is 17.4 Å². The fourth-order valence-corrected chi connectivity index (χ4v) is 3.95. The number of thioether (sulfide) groups is 1. The van der Waals surface area contributed by atoms with Gasteiger partial charge in [-0.25, -0.2) is 0 Å². The lowest BCUT2D eigenvalue weighted by Crippen LogP contribution is -2.25. The Morgan fingerprint density at radius 1 is 1.20 bits per heavy atom. The molecule has 2 nitrogen and oxygen atoms in total. The van der Waals surface area contributed by atoms with Crippen molar-refractivity contribution in [3.05, 3.63) is 59.7 Å². The molecule has 0 saturated heterocycles. The molecule has 1 aliphatic rings. The summed E-state index contributed by atoms with van der Waals surface area (Å²) < 4.78 is 0. The molecule has 0 aromatic heterocycles. The average Bonchev–Trinajstić information content (AvgIpc) is 2.90. The van der Waals surface area contributed by atoms with Crippen molar-refractivity contribution in [3.8, 4) is 6.07 Å². The number of hydrogen-bond donors (Lipinski definition) is 0. The number of para-hydroxylation sites is 1. The third kappa shape index (κ3) is 2.39. The fraction of sp³-hybridized carbons (Fsp3) is 0.235. The van der Waals surface area contributed by atoms with Crippen LogP contribution in [0, 0.1) is 11.3 Å².